The Morgan fingerprint density at radius 3 is 2.53 bits per heavy atom. The number of hydrogen-bond donors (Lipinski definition) is 0. The van der Waals surface area contributed by atoms with Gasteiger partial charge in [-0.05, 0) is 38.3 Å². The summed E-state index contributed by atoms with van der Waals surface area (Å²) < 4.78 is 5.55. The summed E-state index contributed by atoms with van der Waals surface area (Å²) in [5.74, 6) is -0.602. The Hall–Kier alpha value is -1.03. The zero-order valence-corrected chi connectivity index (χ0v) is 12.8. The van der Waals surface area contributed by atoms with Crippen molar-refractivity contribution in [1.29, 1.82) is 0 Å². The average molecular weight is 328 g/mol. The maximum Gasteiger partial charge on any atom is 0.119 e. The van der Waals surface area contributed by atoms with Crippen molar-refractivity contribution < 1.29 is 14.6 Å². The Labute approximate surface area is 123 Å². The molecule has 106 valence electrons. The molecule has 1 rings (SSSR count). The zero-order chi connectivity index (χ0) is 14.1. The summed E-state index contributed by atoms with van der Waals surface area (Å²) in [7, 11) is 0. The van der Waals surface area contributed by atoms with E-state index in [-0.39, 0.29) is 0 Å². The van der Waals surface area contributed by atoms with Gasteiger partial charge in [-0.1, -0.05) is 40.0 Å². The van der Waals surface area contributed by atoms with Crippen LogP contribution in [-0.2, 0) is 4.79 Å². The molecular formula is C15H20BrO3-. The van der Waals surface area contributed by atoms with E-state index in [1.165, 1.54) is 5.56 Å². The van der Waals surface area contributed by atoms with E-state index in [0.717, 1.165) is 23.9 Å². The van der Waals surface area contributed by atoms with Gasteiger partial charge < -0.3 is 14.6 Å². The molecule has 1 aromatic rings. The molecule has 0 fully saturated rings. The van der Waals surface area contributed by atoms with Crippen molar-refractivity contribution in [3.05, 3.63) is 29.8 Å². The number of halogens is 1. The van der Waals surface area contributed by atoms with Crippen LogP contribution < -0.4 is 9.84 Å². The number of aliphatic carboxylic acids is 1. The van der Waals surface area contributed by atoms with Crippen LogP contribution in [0.3, 0.4) is 0 Å². The molecule has 1 atom stereocenters. The molecule has 0 saturated carbocycles. The highest BCUT2D eigenvalue weighted by Crippen LogP contribution is 2.16. The molecule has 0 radical (unpaired) electrons. The van der Waals surface area contributed by atoms with Crippen LogP contribution in [0.5, 0.6) is 5.75 Å². The standard InChI is InChI=1S/C15H21BrO3/c1-12-5-7-14(8-6-12)19-11-9-13(15(17)18)4-2-3-10-16/h5-8,13H,2-4,9-11H2,1H3,(H,17,18)/p-1. The lowest BCUT2D eigenvalue weighted by molar-refractivity contribution is -0.312. The van der Waals surface area contributed by atoms with Gasteiger partial charge in [0.25, 0.3) is 0 Å². The molecule has 4 heteroatoms. The van der Waals surface area contributed by atoms with E-state index in [2.05, 4.69) is 15.9 Å². The van der Waals surface area contributed by atoms with Crippen LogP contribution in [-0.4, -0.2) is 17.9 Å². The first-order valence-corrected chi connectivity index (χ1v) is 7.72. The highest BCUT2D eigenvalue weighted by atomic mass is 79.9. The quantitative estimate of drug-likeness (QED) is 0.517. The number of rotatable bonds is 9. The lowest BCUT2D eigenvalue weighted by Crippen LogP contribution is -2.32. The van der Waals surface area contributed by atoms with E-state index in [1.807, 2.05) is 31.2 Å². The van der Waals surface area contributed by atoms with Gasteiger partial charge in [0.05, 0.1) is 6.61 Å². The van der Waals surface area contributed by atoms with Gasteiger partial charge in [-0.25, -0.2) is 0 Å². The number of carbonyl (C=O) groups excluding carboxylic acids is 1. The van der Waals surface area contributed by atoms with Gasteiger partial charge in [-0.3, -0.25) is 0 Å². The summed E-state index contributed by atoms with van der Waals surface area (Å²) in [6, 6.07) is 7.74. The number of aryl methyl sites for hydroxylation is 1. The third-order valence-electron chi connectivity index (χ3n) is 3.03. The number of carboxylic acid groups (broad SMARTS) is 1. The Morgan fingerprint density at radius 2 is 1.95 bits per heavy atom. The van der Waals surface area contributed by atoms with Crippen molar-refractivity contribution in [3.8, 4) is 5.75 Å². The summed E-state index contributed by atoms with van der Waals surface area (Å²) in [4.78, 5) is 11.0. The third-order valence-corrected chi connectivity index (χ3v) is 3.59. The van der Waals surface area contributed by atoms with E-state index in [4.69, 9.17) is 4.74 Å². The van der Waals surface area contributed by atoms with Crippen LogP contribution >= 0.6 is 15.9 Å². The molecule has 0 saturated heterocycles. The smallest absolute Gasteiger partial charge is 0.119 e. The molecule has 0 aliphatic rings. The maximum absolute atomic E-state index is 11.0. The fourth-order valence-electron chi connectivity index (χ4n) is 1.82. The second-order valence-corrected chi connectivity index (χ2v) is 5.44. The van der Waals surface area contributed by atoms with E-state index < -0.39 is 11.9 Å². The topological polar surface area (TPSA) is 49.4 Å². The van der Waals surface area contributed by atoms with Crippen LogP contribution in [0.2, 0.25) is 0 Å². The van der Waals surface area contributed by atoms with E-state index in [1.54, 1.807) is 0 Å². The Balaban J connectivity index is 2.31. The molecule has 0 heterocycles. The molecule has 19 heavy (non-hydrogen) atoms. The minimum absolute atomic E-state index is 0.413. The van der Waals surface area contributed by atoms with Crippen molar-refractivity contribution in [2.45, 2.75) is 32.6 Å². The third kappa shape index (κ3) is 6.62. The van der Waals surface area contributed by atoms with Gasteiger partial charge in [-0.15, -0.1) is 0 Å². The molecule has 1 unspecified atom stereocenters. The van der Waals surface area contributed by atoms with E-state index in [0.29, 0.717) is 19.4 Å². The summed E-state index contributed by atoms with van der Waals surface area (Å²) >= 11 is 3.34. The van der Waals surface area contributed by atoms with Crippen molar-refractivity contribution in [3.63, 3.8) is 0 Å². The summed E-state index contributed by atoms with van der Waals surface area (Å²) in [6.07, 6.45) is 3.04. The first-order valence-electron chi connectivity index (χ1n) is 6.59. The van der Waals surface area contributed by atoms with Crippen LogP contribution in [0, 0.1) is 12.8 Å². The summed E-state index contributed by atoms with van der Waals surface area (Å²) in [5, 5.41) is 11.9. The molecule has 0 aliphatic heterocycles. The van der Waals surface area contributed by atoms with Crippen LogP contribution in [0.4, 0.5) is 0 Å². The fraction of sp³-hybridized carbons (Fsp3) is 0.533. The molecule has 0 aliphatic carbocycles. The molecule has 0 spiro atoms. The summed E-state index contributed by atoms with van der Waals surface area (Å²) in [6.45, 7) is 2.43. The van der Waals surface area contributed by atoms with Gasteiger partial charge in [-0.2, -0.15) is 0 Å². The Bertz CT molecular complexity index is 375. The molecule has 3 nitrogen and oxygen atoms in total. The van der Waals surface area contributed by atoms with Crippen molar-refractivity contribution in [2.75, 3.05) is 11.9 Å². The predicted molar refractivity (Wildman–Crippen MR) is 77.4 cm³/mol. The number of alkyl halides is 1. The molecule has 1 aromatic carbocycles. The van der Waals surface area contributed by atoms with Gasteiger partial charge in [0.2, 0.25) is 0 Å². The average Bonchev–Trinajstić information content (AvgIpc) is 2.39. The summed E-state index contributed by atoms with van der Waals surface area (Å²) in [5.41, 5.74) is 1.18. The SMILES string of the molecule is Cc1ccc(OCCC(CCCCBr)C(=O)[O-])cc1. The minimum Gasteiger partial charge on any atom is -0.550 e. The van der Waals surface area contributed by atoms with Crippen molar-refractivity contribution in [2.24, 2.45) is 5.92 Å². The van der Waals surface area contributed by atoms with E-state index in [9.17, 15) is 9.90 Å². The highest BCUT2D eigenvalue weighted by molar-refractivity contribution is 9.09. The zero-order valence-electron chi connectivity index (χ0n) is 11.2. The minimum atomic E-state index is -0.970. The van der Waals surface area contributed by atoms with Crippen LogP contribution in [0.25, 0.3) is 0 Å². The monoisotopic (exact) mass is 327 g/mol. The molecular weight excluding hydrogens is 308 g/mol. The fourth-order valence-corrected chi connectivity index (χ4v) is 2.22. The second-order valence-electron chi connectivity index (χ2n) is 4.65. The first-order chi connectivity index (χ1) is 9.13. The number of unbranched alkanes of at least 4 members (excludes halogenated alkanes) is 1. The first kappa shape index (κ1) is 16.0. The van der Waals surface area contributed by atoms with Gasteiger partial charge >= 0.3 is 0 Å². The number of ether oxygens (including phenoxy) is 1. The van der Waals surface area contributed by atoms with Gasteiger partial charge in [0, 0.05) is 17.2 Å². The highest BCUT2D eigenvalue weighted by Gasteiger charge is 2.10. The number of hydrogen-bond acceptors (Lipinski definition) is 3. The molecule has 0 bridgehead atoms. The van der Waals surface area contributed by atoms with Crippen LogP contribution in [0.15, 0.2) is 24.3 Å². The Kier molecular flexibility index (Phi) is 7.56. The van der Waals surface area contributed by atoms with Crippen molar-refractivity contribution in [1.82, 2.24) is 0 Å². The lowest BCUT2D eigenvalue weighted by atomic mass is 9.99. The maximum atomic E-state index is 11.0. The normalized spacial score (nSPS) is 12.1. The van der Waals surface area contributed by atoms with Gasteiger partial charge in [0.1, 0.15) is 5.75 Å². The number of carbonyl (C=O) groups is 1. The largest absolute Gasteiger partial charge is 0.550 e. The second kappa shape index (κ2) is 8.97. The van der Waals surface area contributed by atoms with Crippen molar-refractivity contribution >= 4 is 21.9 Å². The predicted octanol–water partition coefficient (Wildman–Crippen LogP) is 2.70. The molecule has 0 aromatic heterocycles. The lowest BCUT2D eigenvalue weighted by Gasteiger charge is -2.18. The van der Waals surface area contributed by atoms with Gasteiger partial charge in [0.15, 0.2) is 0 Å². The number of benzene rings is 1. The van der Waals surface area contributed by atoms with Crippen LogP contribution in [0.1, 0.15) is 31.2 Å². The Morgan fingerprint density at radius 1 is 1.26 bits per heavy atom. The number of carboxylic acids is 1. The molecule has 0 N–H and O–H groups in total. The van der Waals surface area contributed by atoms with E-state index >= 15 is 0 Å². The molecule has 0 amide bonds.